The van der Waals surface area contributed by atoms with Crippen molar-refractivity contribution in [2.45, 2.75) is 75.4 Å². The van der Waals surface area contributed by atoms with Crippen molar-refractivity contribution in [3.05, 3.63) is 0 Å². The number of hydrogen-bond donors (Lipinski definition) is 1. The van der Waals surface area contributed by atoms with Gasteiger partial charge in [-0.1, -0.05) is 13.3 Å². The molecule has 1 N–H and O–H groups in total. The molecule has 2 aliphatic heterocycles. The molecule has 0 aromatic carbocycles. The Morgan fingerprint density at radius 2 is 2.00 bits per heavy atom. The van der Waals surface area contributed by atoms with E-state index in [1.54, 1.807) is 0 Å². The highest BCUT2D eigenvalue weighted by Gasteiger charge is 2.47. The van der Waals surface area contributed by atoms with Crippen molar-refractivity contribution in [1.82, 2.24) is 5.32 Å². The molecule has 6 unspecified atom stereocenters. The average Bonchev–Trinajstić information content (AvgIpc) is 3.06. The van der Waals surface area contributed by atoms with E-state index in [1.807, 2.05) is 0 Å². The Hall–Kier alpha value is -0.130. The summed E-state index contributed by atoms with van der Waals surface area (Å²) in [5.74, 6) is 1.08. The fourth-order valence-corrected chi connectivity index (χ4v) is 6.05. The van der Waals surface area contributed by atoms with Crippen LogP contribution < -0.4 is 5.32 Å². The fourth-order valence-electron chi connectivity index (χ4n) is 4.85. The molecule has 1 saturated carbocycles. The van der Waals surface area contributed by atoms with Gasteiger partial charge < -0.3 is 10.1 Å². The number of rotatable bonds is 5. The van der Waals surface area contributed by atoms with E-state index in [0.717, 1.165) is 32.2 Å². The molecule has 2 bridgehead atoms. The van der Waals surface area contributed by atoms with Crippen LogP contribution in [0.25, 0.3) is 0 Å². The molecule has 3 aliphatic rings. The first-order valence-electron chi connectivity index (χ1n) is 8.56. The van der Waals surface area contributed by atoms with Crippen LogP contribution in [0.3, 0.4) is 0 Å². The molecule has 2 heterocycles. The largest absolute Gasteiger partial charge is 0.375 e. The highest BCUT2D eigenvalue weighted by atomic mass is 32.2. The van der Waals surface area contributed by atoms with Crippen LogP contribution in [0.4, 0.5) is 0 Å². The predicted octanol–water partition coefficient (Wildman–Crippen LogP) is 2.14. The molecule has 0 spiro atoms. The minimum Gasteiger partial charge on any atom is -0.375 e. The molecule has 3 fully saturated rings. The lowest BCUT2D eigenvalue weighted by Gasteiger charge is -2.39. The van der Waals surface area contributed by atoms with E-state index in [4.69, 9.17) is 4.74 Å². The summed E-state index contributed by atoms with van der Waals surface area (Å²) in [6, 6.07) is 0.440. The van der Waals surface area contributed by atoms with Crippen LogP contribution in [0, 0.1) is 11.8 Å². The standard InChI is InChI=1S/C16H29NO3S/c1-3-17-16(14-10-12-7-8-15(14)20-12)11-5-4-6-13(9-11)21(2,18)19/h11-17H,3-10H2,1-2H3. The van der Waals surface area contributed by atoms with E-state index in [9.17, 15) is 8.42 Å². The second kappa shape index (κ2) is 6.17. The minimum absolute atomic E-state index is 0.128. The summed E-state index contributed by atoms with van der Waals surface area (Å²) in [4.78, 5) is 0. The summed E-state index contributed by atoms with van der Waals surface area (Å²) in [7, 11) is -2.90. The third-order valence-electron chi connectivity index (χ3n) is 5.83. The summed E-state index contributed by atoms with van der Waals surface area (Å²) >= 11 is 0. The van der Waals surface area contributed by atoms with Crippen LogP contribution in [0.2, 0.25) is 0 Å². The number of sulfone groups is 1. The van der Waals surface area contributed by atoms with E-state index >= 15 is 0 Å². The van der Waals surface area contributed by atoms with E-state index in [0.29, 0.717) is 30.1 Å². The Bertz CT molecular complexity index is 464. The molecule has 0 aromatic heterocycles. The van der Waals surface area contributed by atoms with Crippen molar-refractivity contribution < 1.29 is 13.2 Å². The first-order valence-corrected chi connectivity index (χ1v) is 10.5. The van der Waals surface area contributed by atoms with E-state index in [1.165, 1.54) is 25.5 Å². The maximum Gasteiger partial charge on any atom is 0.150 e. The van der Waals surface area contributed by atoms with Crippen LogP contribution >= 0.6 is 0 Å². The molecule has 21 heavy (non-hydrogen) atoms. The fraction of sp³-hybridized carbons (Fsp3) is 1.00. The Labute approximate surface area is 128 Å². The zero-order valence-electron chi connectivity index (χ0n) is 13.3. The number of ether oxygens (including phenoxy) is 1. The third-order valence-corrected chi connectivity index (χ3v) is 7.47. The molecule has 6 atom stereocenters. The average molecular weight is 315 g/mol. The predicted molar refractivity (Wildman–Crippen MR) is 84.1 cm³/mol. The van der Waals surface area contributed by atoms with E-state index in [2.05, 4.69) is 12.2 Å². The van der Waals surface area contributed by atoms with Crippen LogP contribution in [0.15, 0.2) is 0 Å². The van der Waals surface area contributed by atoms with Gasteiger partial charge in [-0.2, -0.15) is 0 Å². The summed E-state index contributed by atoms with van der Waals surface area (Å²) < 4.78 is 29.9. The molecule has 0 amide bonds. The van der Waals surface area contributed by atoms with Gasteiger partial charge in [0.1, 0.15) is 9.84 Å². The summed E-state index contributed by atoms with van der Waals surface area (Å²) in [6.07, 6.45) is 9.77. The van der Waals surface area contributed by atoms with Crippen molar-refractivity contribution in [3.8, 4) is 0 Å². The number of hydrogen-bond acceptors (Lipinski definition) is 4. The normalized spacial score (nSPS) is 41.3. The zero-order chi connectivity index (χ0) is 15.0. The zero-order valence-corrected chi connectivity index (χ0v) is 14.1. The second-order valence-corrected chi connectivity index (χ2v) is 9.56. The van der Waals surface area contributed by atoms with Gasteiger partial charge in [-0.05, 0) is 51.0 Å². The Balaban J connectivity index is 1.71. The minimum atomic E-state index is -2.90. The molecule has 5 heteroatoms. The van der Waals surface area contributed by atoms with Gasteiger partial charge in [-0.25, -0.2) is 8.42 Å². The highest BCUT2D eigenvalue weighted by Crippen LogP contribution is 2.44. The first-order chi connectivity index (χ1) is 9.99. The second-order valence-electron chi connectivity index (χ2n) is 7.24. The Morgan fingerprint density at radius 1 is 1.19 bits per heavy atom. The lowest BCUT2D eigenvalue weighted by molar-refractivity contribution is 0.0761. The van der Waals surface area contributed by atoms with Gasteiger partial charge in [0.15, 0.2) is 0 Å². The highest BCUT2D eigenvalue weighted by molar-refractivity contribution is 7.91. The van der Waals surface area contributed by atoms with E-state index in [-0.39, 0.29) is 5.25 Å². The van der Waals surface area contributed by atoms with Gasteiger partial charge in [-0.3, -0.25) is 0 Å². The lowest BCUT2D eigenvalue weighted by Crippen LogP contribution is -2.48. The van der Waals surface area contributed by atoms with Crippen LogP contribution in [-0.2, 0) is 14.6 Å². The maximum atomic E-state index is 11.9. The van der Waals surface area contributed by atoms with Gasteiger partial charge in [0, 0.05) is 18.2 Å². The monoisotopic (exact) mass is 315 g/mol. The molecule has 0 aromatic rings. The smallest absolute Gasteiger partial charge is 0.150 e. The van der Waals surface area contributed by atoms with Gasteiger partial charge in [0.05, 0.1) is 17.5 Å². The summed E-state index contributed by atoms with van der Waals surface area (Å²) in [5, 5.41) is 3.55. The molecular weight excluding hydrogens is 286 g/mol. The van der Waals surface area contributed by atoms with Gasteiger partial charge >= 0.3 is 0 Å². The van der Waals surface area contributed by atoms with Crippen molar-refractivity contribution in [3.63, 3.8) is 0 Å². The molecular formula is C16H29NO3S. The summed E-state index contributed by atoms with van der Waals surface area (Å²) in [5.41, 5.74) is 0. The van der Waals surface area contributed by atoms with Crippen molar-refractivity contribution >= 4 is 9.84 Å². The molecule has 0 radical (unpaired) electrons. The van der Waals surface area contributed by atoms with Gasteiger partial charge in [0.2, 0.25) is 0 Å². The lowest BCUT2D eigenvalue weighted by atomic mass is 9.73. The number of fused-ring (bicyclic) bond motifs is 2. The van der Waals surface area contributed by atoms with Gasteiger partial charge in [-0.15, -0.1) is 0 Å². The van der Waals surface area contributed by atoms with Crippen LogP contribution in [0.5, 0.6) is 0 Å². The molecule has 122 valence electrons. The van der Waals surface area contributed by atoms with Crippen LogP contribution in [-0.4, -0.2) is 44.7 Å². The van der Waals surface area contributed by atoms with Crippen LogP contribution in [0.1, 0.15) is 51.9 Å². The SMILES string of the molecule is CCNC(C1CCCC(S(C)(=O)=O)C1)C1CC2CCC1O2. The van der Waals surface area contributed by atoms with Crippen molar-refractivity contribution in [2.24, 2.45) is 11.8 Å². The molecule has 4 nitrogen and oxygen atoms in total. The Morgan fingerprint density at radius 3 is 2.57 bits per heavy atom. The molecule has 3 rings (SSSR count). The quantitative estimate of drug-likeness (QED) is 0.844. The summed E-state index contributed by atoms with van der Waals surface area (Å²) in [6.45, 7) is 3.11. The number of nitrogens with one attached hydrogen (secondary N) is 1. The maximum absolute atomic E-state index is 11.9. The van der Waals surface area contributed by atoms with Crippen molar-refractivity contribution in [2.75, 3.05) is 12.8 Å². The third kappa shape index (κ3) is 3.30. The van der Waals surface area contributed by atoms with Crippen molar-refractivity contribution in [1.29, 1.82) is 0 Å². The first kappa shape index (κ1) is 15.8. The molecule has 1 aliphatic carbocycles. The molecule has 2 saturated heterocycles. The topological polar surface area (TPSA) is 55.4 Å². The van der Waals surface area contributed by atoms with E-state index < -0.39 is 9.84 Å². The Kier molecular flexibility index (Phi) is 4.63. The van der Waals surface area contributed by atoms with Gasteiger partial charge in [0.25, 0.3) is 0 Å².